The summed E-state index contributed by atoms with van der Waals surface area (Å²) in [5.74, 6) is 0.525. The van der Waals surface area contributed by atoms with E-state index in [1.54, 1.807) is 16.8 Å². The van der Waals surface area contributed by atoms with Gasteiger partial charge in [-0.05, 0) is 67.9 Å². The first-order chi connectivity index (χ1) is 13.6. The SMILES string of the molecule is Cc1cccc(NC(=S)Nc2cc(C)n(Cc3cccc(C(F)(F)F)c3)n2)c1C. The smallest absolute Gasteiger partial charge is 0.332 e. The van der Waals surface area contributed by atoms with Crippen molar-refractivity contribution in [3.05, 3.63) is 76.5 Å². The highest BCUT2D eigenvalue weighted by atomic mass is 32.1. The van der Waals surface area contributed by atoms with Crippen LogP contribution in [0.3, 0.4) is 0 Å². The lowest BCUT2D eigenvalue weighted by Crippen LogP contribution is -2.20. The van der Waals surface area contributed by atoms with Crippen molar-refractivity contribution >= 4 is 28.8 Å². The van der Waals surface area contributed by atoms with Crippen LogP contribution in [0.5, 0.6) is 0 Å². The normalized spacial score (nSPS) is 11.4. The summed E-state index contributed by atoms with van der Waals surface area (Å²) in [5.41, 5.74) is 3.81. The number of aromatic nitrogens is 2. The van der Waals surface area contributed by atoms with Gasteiger partial charge in [0.2, 0.25) is 0 Å². The Morgan fingerprint density at radius 2 is 1.76 bits per heavy atom. The average Bonchev–Trinajstić information content (AvgIpc) is 2.97. The standard InChI is InChI=1S/C21H21F3N4S/c1-13-6-4-9-18(15(13)3)25-20(29)26-19-10-14(2)28(27-19)12-16-7-5-8-17(11-16)21(22,23)24/h4-11H,12H2,1-3H3,(H2,25,26,27,29). The number of anilines is 2. The molecule has 0 unspecified atom stereocenters. The Hall–Kier alpha value is -2.87. The van der Waals surface area contributed by atoms with Gasteiger partial charge >= 0.3 is 6.18 Å². The Balaban J connectivity index is 1.70. The van der Waals surface area contributed by atoms with Crippen molar-refractivity contribution in [2.45, 2.75) is 33.5 Å². The first kappa shape index (κ1) is 20.9. The van der Waals surface area contributed by atoms with Crippen LogP contribution < -0.4 is 10.6 Å². The molecule has 4 nitrogen and oxygen atoms in total. The number of thiocarbonyl (C=S) groups is 1. The molecule has 2 aromatic carbocycles. The molecule has 152 valence electrons. The monoisotopic (exact) mass is 418 g/mol. The van der Waals surface area contributed by atoms with Gasteiger partial charge < -0.3 is 10.6 Å². The first-order valence-corrected chi connectivity index (χ1v) is 9.39. The van der Waals surface area contributed by atoms with E-state index in [9.17, 15) is 13.2 Å². The summed E-state index contributed by atoms with van der Waals surface area (Å²) >= 11 is 5.36. The van der Waals surface area contributed by atoms with E-state index in [-0.39, 0.29) is 6.54 Å². The number of benzene rings is 2. The molecule has 0 radical (unpaired) electrons. The van der Waals surface area contributed by atoms with Crippen molar-refractivity contribution in [1.82, 2.24) is 9.78 Å². The zero-order valence-corrected chi connectivity index (χ0v) is 17.1. The quantitative estimate of drug-likeness (QED) is 0.535. The number of alkyl halides is 3. The van der Waals surface area contributed by atoms with E-state index in [1.807, 2.05) is 39.0 Å². The highest BCUT2D eigenvalue weighted by Gasteiger charge is 2.30. The van der Waals surface area contributed by atoms with Crippen LogP contribution in [0.25, 0.3) is 0 Å². The fourth-order valence-electron chi connectivity index (χ4n) is 2.91. The Labute approximate surface area is 172 Å². The Morgan fingerprint density at radius 1 is 1.03 bits per heavy atom. The molecule has 29 heavy (non-hydrogen) atoms. The van der Waals surface area contributed by atoms with Crippen LogP contribution in [-0.2, 0) is 12.7 Å². The molecule has 0 aliphatic carbocycles. The lowest BCUT2D eigenvalue weighted by atomic mass is 10.1. The maximum absolute atomic E-state index is 12.9. The molecule has 1 aromatic heterocycles. The van der Waals surface area contributed by atoms with Crippen LogP contribution in [0.4, 0.5) is 24.7 Å². The molecule has 3 aromatic rings. The van der Waals surface area contributed by atoms with Crippen molar-refractivity contribution in [3.8, 4) is 0 Å². The minimum Gasteiger partial charge on any atom is -0.332 e. The Morgan fingerprint density at radius 3 is 2.48 bits per heavy atom. The number of hydrogen-bond donors (Lipinski definition) is 2. The van der Waals surface area contributed by atoms with Gasteiger partial charge in [-0.3, -0.25) is 4.68 Å². The number of nitrogens with zero attached hydrogens (tertiary/aromatic N) is 2. The van der Waals surface area contributed by atoms with Crippen LogP contribution >= 0.6 is 12.2 Å². The zero-order chi connectivity index (χ0) is 21.2. The van der Waals surface area contributed by atoms with E-state index in [2.05, 4.69) is 15.7 Å². The molecule has 0 atom stereocenters. The third-order valence-corrected chi connectivity index (χ3v) is 4.87. The average molecular weight is 418 g/mol. The summed E-state index contributed by atoms with van der Waals surface area (Å²) in [7, 11) is 0. The molecule has 0 amide bonds. The van der Waals surface area contributed by atoms with Crippen LogP contribution in [0.15, 0.2) is 48.5 Å². The van der Waals surface area contributed by atoms with Gasteiger partial charge in [0.15, 0.2) is 10.9 Å². The van der Waals surface area contributed by atoms with Crippen LogP contribution in [0.1, 0.15) is 27.9 Å². The minimum absolute atomic E-state index is 0.231. The van der Waals surface area contributed by atoms with Gasteiger partial charge in [-0.25, -0.2) is 0 Å². The van der Waals surface area contributed by atoms with Crippen molar-refractivity contribution in [1.29, 1.82) is 0 Å². The van der Waals surface area contributed by atoms with Crippen molar-refractivity contribution in [2.24, 2.45) is 0 Å². The minimum atomic E-state index is -4.37. The number of rotatable bonds is 4. The van der Waals surface area contributed by atoms with Gasteiger partial charge in [0, 0.05) is 17.4 Å². The van der Waals surface area contributed by atoms with Crippen molar-refractivity contribution in [3.63, 3.8) is 0 Å². The second-order valence-corrected chi connectivity index (χ2v) is 7.26. The summed E-state index contributed by atoms with van der Waals surface area (Å²) in [6, 6.07) is 13.0. The first-order valence-electron chi connectivity index (χ1n) is 8.98. The third-order valence-electron chi connectivity index (χ3n) is 4.66. The number of hydrogen-bond acceptors (Lipinski definition) is 2. The maximum Gasteiger partial charge on any atom is 0.416 e. The Bertz CT molecular complexity index is 1040. The summed E-state index contributed by atoms with van der Waals surface area (Å²) < 4.78 is 40.4. The van der Waals surface area contributed by atoms with Crippen LogP contribution in [-0.4, -0.2) is 14.9 Å². The molecule has 0 aliphatic heterocycles. The number of nitrogens with one attached hydrogen (secondary N) is 2. The van der Waals surface area contributed by atoms with Gasteiger partial charge in [0.25, 0.3) is 0 Å². The summed E-state index contributed by atoms with van der Waals surface area (Å²) in [5, 5.41) is 11.0. The molecule has 3 rings (SSSR count). The third kappa shape index (κ3) is 5.14. The van der Waals surface area contributed by atoms with E-state index in [0.29, 0.717) is 16.5 Å². The predicted molar refractivity (Wildman–Crippen MR) is 113 cm³/mol. The molecule has 2 N–H and O–H groups in total. The maximum atomic E-state index is 12.9. The highest BCUT2D eigenvalue weighted by Crippen LogP contribution is 2.29. The van der Waals surface area contributed by atoms with E-state index in [4.69, 9.17) is 12.2 Å². The molecule has 0 bridgehead atoms. The molecule has 0 saturated heterocycles. The lowest BCUT2D eigenvalue weighted by Gasteiger charge is -2.12. The second kappa shape index (κ2) is 8.24. The van der Waals surface area contributed by atoms with Crippen molar-refractivity contribution < 1.29 is 13.2 Å². The van der Waals surface area contributed by atoms with E-state index in [0.717, 1.165) is 34.6 Å². The second-order valence-electron chi connectivity index (χ2n) is 6.85. The summed E-state index contributed by atoms with van der Waals surface area (Å²) in [6.07, 6.45) is -4.37. The van der Waals surface area contributed by atoms with Crippen LogP contribution in [0.2, 0.25) is 0 Å². The van der Waals surface area contributed by atoms with E-state index >= 15 is 0 Å². The van der Waals surface area contributed by atoms with Gasteiger partial charge in [-0.1, -0.05) is 24.3 Å². The molecule has 0 fully saturated rings. The lowest BCUT2D eigenvalue weighted by molar-refractivity contribution is -0.137. The van der Waals surface area contributed by atoms with Gasteiger partial charge in [-0.2, -0.15) is 18.3 Å². The summed E-state index contributed by atoms with van der Waals surface area (Å²) in [6.45, 7) is 6.10. The molecule has 0 spiro atoms. The fraction of sp³-hybridized carbons (Fsp3) is 0.238. The topological polar surface area (TPSA) is 41.9 Å². The predicted octanol–water partition coefficient (Wildman–Crippen LogP) is 5.68. The molecule has 0 aliphatic rings. The molecular formula is C21H21F3N4S. The summed E-state index contributed by atoms with van der Waals surface area (Å²) in [4.78, 5) is 0. The van der Waals surface area contributed by atoms with Gasteiger partial charge in [-0.15, -0.1) is 0 Å². The largest absolute Gasteiger partial charge is 0.416 e. The van der Waals surface area contributed by atoms with Gasteiger partial charge in [0.1, 0.15) is 0 Å². The number of aryl methyl sites for hydroxylation is 2. The molecule has 1 heterocycles. The zero-order valence-electron chi connectivity index (χ0n) is 16.3. The molecule has 8 heteroatoms. The molecular weight excluding hydrogens is 397 g/mol. The number of halogens is 3. The van der Waals surface area contributed by atoms with Gasteiger partial charge in [0.05, 0.1) is 12.1 Å². The van der Waals surface area contributed by atoms with E-state index in [1.165, 1.54) is 6.07 Å². The van der Waals surface area contributed by atoms with Crippen LogP contribution in [0, 0.1) is 20.8 Å². The van der Waals surface area contributed by atoms with E-state index < -0.39 is 11.7 Å². The fourth-order valence-corrected chi connectivity index (χ4v) is 3.12. The van der Waals surface area contributed by atoms with Crippen molar-refractivity contribution in [2.75, 3.05) is 10.6 Å². The highest BCUT2D eigenvalue weighted by molar-refractivity contribution is 7.80. The molecule has 0 saturated carbocycles. The Kier molecular flexibility index (Phi) is 5.93.